The minimum atomic E-state index is 0.779. The van der Waals surface area contributed by atoms with Gasteiger partial charge in [-0.15, -0.1) is 0 Å². The topological polar surface area (TPSA) is 42.4 Å². The average molecular weight is 603 g/mol. The molecule has 9 aromatic rings. The molecule has 0 aliphatic carbocycles. The van der Waals surface area contributed by atoms with Gasteiger partial charge in [0, 0.05) is 38.9 Å². The molecule has 0 aliphatic rings. The van der Waals surface area contributed by atoms with Crippen LogP contribution >= 0.6 is 0 Å². The van der Waals surface area contributed by atoms with Gasteiger partial charge in [-0.2, -0.15) is 0 Å². The van der Waals surface area contributed by atoms with Crippen LogP contribution in [-0.2, 0) is 0 Å². The quantitative estimate of drug-likeness (QED) is 0.199. The first-order valence-electron chi connectivity index (χ1n) is 15.9. The SMILES string of the molecule is Nc1ccc(-c2ccc(N(c3ccccc3)c3ccc4oc5ccccc5c4c3)cc2)c2cccc(-c3cccc4ccccc34)c12. The highest BCUT2D eigenvalue weighted by atomic mass is 16.3. The van der Waals surface area contributed by atoms with Crippen molar-refractivity contribution in [2.45, 2.75) is 0 Å². The van der Waals surface area contributed by atoms with Gasteiger partial charge in [0.1, 0.15) is 11.2 Å². The van der Waals surface area contributed by atoms with Crippen molar-refractivity contribution in [1.82, 2.24) is 0 Å². The second-order valence-electron chi connectivity index (χ2n) is 12.0. The normalized spacial score (nSPS) is 11.5. The second-order valence-corrected chi connectivity index (χ2v) is 12.0. The van der Waals surface area contributed by atoms with Gasteiger partial charge in [0.2, 0.25) is 0 Å². The van der Waals surface area contributed by atoms with Gasteiger partial charge in [0.15, 0.2) is 0 Å². The first-order valence-corrected chi connectivity index (χ1v) is 15.9. The Morgan fingerprint density at radius 2 is 1.04 bits per heavy atom. The predicted molar refractivity (Wildman–Crippen MR) is 199 cm³/mol. The van der Waals surface area contributed by atoms with E-state index in [2.05, 4.69) is 157 Å². The van der Waals surface area contributed by atoms with Crippen LogP contribution < -0.4 is 10.6 Å². The number of nitrogen functional groups attached to an aromatic ring is 1. The van der Waals surface area contributed by atoms with Crippen molar-refractivity contribution in [3.05, 3.63) is 170 Å². The molecule has 0 spiro atoms. The van der Waals surface area contributed by atoms with Gasteiger partial charge < -0.3 is 15.1 Å². The summed E-state index contributed by atoms with van der Waals surface area (Å²) in [7, 11) is 0. The number of nitrogens with zero attached hydrogens (tertiary/aromatic N) is 1. The summed E-state index contributed by atoms with van der Waals surface area (Å²) in [6.45, 7) is 0. The van der Waals surface area contributed by atoms with Crippen molar-refractivity contribution in [3.63, 3.8) is 0 Å². The Balaban J connectivity index is 1.17. The zero-order chi connectivity index (χ0) is 31.3. The molecule has 3 nitrogen and oxygen atoms in total. The van der Waals surface area contributed by atoms with E-state index < -0.39 is 0 Å². The monoisotopic (exact) mass is 602 g/mol. The molecule has 0 aliphatic heterocycles. The van der Waals surface area contributed by atoms with Crippen LogP contribution in [0.1, 0.15) is 0 Å². The highest BCUT2D eigenvalue weighted by Gasteiger charge is 2.17. The standard InChI is InChI=1S/C44H30N2O/c45-41-26-25-35(38-17-9-18-39(44(38)41)36-16-8-11-29-10-4-5-14-34(29)36)30-20-22-32(23-21-30)46(31-12-2-1-3-13-31)33-24-27-43-40(28-33)37-15-6-7-19-42(37)47-43/h1-28H,45H2. The number of fused-ring (bicyclic) bond motifs is 5. The van der Waals surface area contributed by atoms with Crippen molar-refractivity contribution in [3.8, 4) is 22.3 Å². The Morgan fingerprint density at radius 3 is 1.91 bits per heavy atom. The number of nitrogens with two attached hydrogens (primary N) is 1. The minimum absolute atomic E-state index is 0.779. The second kappa shape index (κ2) is 10.9. The molecule has 0 amide bonds. The number of furan rings is 1. The van der Waals surface area contributed by atoms with Crippen molar-refractivity contribution < 1.29 is 4.42 Å². The Kier molecular flexibility index (Phi) is 6.29. The summed E-state index contributed by atoms with van der Waals surface area (Å²) < 4.78 is 6.14. The molecule has 0 atom stereocenters. The first-order chi connectivity index (χ1) is 23.2. The fraction of sp³-hybridized carbons (Fsp3) is 0. The van der Waals surface area contributed by atoms with Crippen molar-refractivity contribution >= 4 is 66.2 Å². The zero-order valence-corrected chi connectivity index (χ0v) is 25.6. The van der Waals surface area contributed by atoms with E-state index in [4.69, 9.17) is 10.2 Å². The summed E-state index contributed by atoms with van der Waals surface area (Å²) in [5, 5.41) is 6.88. The van der Waals surface area contributed by atoms with Crippen LogP contribution in [0.15, 0.2) is 174 Å². The predicted octanol–water partition coefficient (Wildman–Crippen LogP) is 12.3. The van der Waals surface area contributed by atoms with Crippen LogP contribution in [0.4, 0.5) is 22.7 Å². The Labute approximate surface area is 272 Å². The first kappa shape index (κ1) is 27.0. The van der Waals surface area contributed by atoms with Gasteiger partial charge in [0.25, 0.3) is 0 Å². The lowest BCUT2D eigenvalue weighted by atomic mass is 9.90. The highest BCUT2D eigenvalue weighted by molar-refractivity contribution is 6.13. The number of anilines is 4. The van der Waals surface area contributed by atoms with Crippen LogP contribution in [0.25, 0.3) is 65.7 Å². The molecule has 47 heavy (non-hydrogen) atoms. The number of para-hydroxylation sites is 2. The van der Waals surface area contributed by atoms with E-state index in [1.165, 1.54) is 16.3 Å². The maximum absolute atomic E-state index is 6.73. The van der Waals surface area contributed by atoms with Crippen LogP contribution in [0.2, 0.25) is 0 Å². The largest absolute Gasteiger partial charge is 0.456 e. The number of rotatable bonds is 5. The van der Waals surface area contributed by atoms with E-state index >= 15 is 0 Å². The van der Waals surface area contributed by atoms with Crippen molar-refractivity contribution in [2.24, 2.45) is 0 Å². The third kappa shape index (κ3) is 4.52. The fourth-order valence-corrected chi connectivity index (χ4v) is 7.04. The smallest absolute Gasteiger partial charge is 0.135 e. The highest BCUT2D eigenvalue weighted by Crippen LogP contribution is 2.42. The third-order valence-electron chi connectivity index (χ3n) is 9.22. The molecule has 3 heteroatoms. The van der Waals surface area contributed by atoms with E-state index in [9.17, 15) is 0 Å². The van der Waals surface area contributed by atoms with E-state index in [-0.39, 0.29) is 0 Å². The van der Waals surface area contributed by atoms with E-state index in [0.717, 1.165) is 72.2 Å². The van der Waals surface area contributed by atoms with E-state index in [1.807, 2.05) is 18.2 Å². The van der Waals surface area contributed by atoms with Crippen molar-refractivity contribution in [1.29, 1.82) is 0 Å². The number of benzene rings is 8. The van der Waals surface area contributed by atoms with Gasteiger partial charge in [-0.25, -0.2) is 0 Å². The van der Waals surface area contributed by atoms with Crippen LogP contribution in [0.3, 0.4) is 0 Å². The van der Waals surface area contributed by atoms with Gasteiger partial charge in [-0.05, 0) is 93.0 Å². The van der Waals surface area contributed by atoms with Gasteiger partial charge in [0.05, 0.1) is 0 Å². The molecular formula is C44H30N2O. The molecule has 1 heterocycles. The Bertz CT molecular complexity index is 2580. The number of hydrogen-bond donors (Lipinski definition) is 1. The summed E-state index contributed by atoms with van der Waals surface area (Å²) in [4.78, 5) is 2.30. The number of hydrogen-bond acceptors (Lipinski definition) is 3. The molecule has 0 bridgehead atoms. The summed E-state index contributed by atoms with van der Waals surface area (Å²) >= 11 is 0. The molecule has 9 rings (SSSR count). The Morgan fingerprint density at radius 1 is 0.404 bits per heavy atom. The maximum Gasteiger partial charge on any atom is 0.135 e. The minimum Gasteiger partial charge on any atom is -0.456 e. The average Bonchev–Trinajstić information content (AvgIpc) is 3.50. The molecule has 8 aromatic carbocycles. The molecule has 2 N–H and O–H groups in total. The molecule has 0 saturated carbocycles. The van der Waals surface area contributed by atoms with Gasteiger partial charge >= 0.3 is 0 Å². The Hall–Kier alpha value is -6.32. The van der Waals surface area contributed by atoms with Gasteiger partial charge in [-0.3, -0.25) is 0 Å². The molecule has 0 unspecified atom stereocenters. The van der Waals surface area contributed by atoms with Crippen LogP contribution in [0, 0.1) is 0 Å². The molecule has 1 aromatic heterocycles. The van der Waals surface area contributed by atoms with E-state index in [1.54, 1.807) is 0 Å². The lowest BCUT2D eigenvalue weighted by molar-refractivity contribution is 0.669. The maximum atomic E-state index is 6.73. The molecule has 0 fully saturated rings. The fourth-order valence-electron chi connectivity index (χ4n) is 7.04. The zero-order valence-electron chi connectivity index (χ0n) is 25.6. The van der Waals surface area contributed by atoms with Crippen LogP contribution in [-0.4, -0.2) is 0 Å². The summed E-state index contributed by atoms with van der Waals surface area (Å²) in [6.07, 6.45) is 0. The van der Waals surface area contributed by atoms with Crippen LogP contribution in [0.5, 0.6) is 0 Å². The summed E-state index contributed by atoms with van der Waals surface area (Å²) in [5.41, 5.74) is 17.1. The van der Waals surface area contributed by atoms with Gasteiger partial charge in [-0.1, -0.05) is 115 Å². The molecule has 0 radical (unpaired) electrons. The molecule has 222 valence electrons. The van der Waals surface area contributed by atoms with Crippen molar-refractivity contribution in [2.75, 3.05) is 10.6 Å². The lowest BCUT2D eigenvalue weighted by Gasteiger charge is -2.26. The summed E-state index contributed by atoms with van der Waals surface area (Å²) in [6, 6.07) is 59.7. The third-order valence-corrected chi connectivity index (χ3v) is 9.22. The summed E-state index contributed by atoms with van der Waals surface area (Å²) in [5.74, 6) is 0. The van der Waals surface area contributed by atoms with E-state index in [0.29, 0.717) is 0 Å². The lowest BCUT2D eigenvalue weighted by Crippen LogP contribution is -2.09. The molecular weight excluding hydrogens is 572 g/mol. The molecule has 0 saturated heterocycles.